The molecule has 0 saturated carbocycles. The normalized spacial score (nSPS) is 19.5. The van der Waals surface area contributed by atoms with Crippen LogP contribution in [0.1, 0.15) is 52.4 Å². The lowest BCUT2D eigenvalue weighted by Gasteiger charge is -2.17. The van der Waals surface area contributed by atoms with Crippen molar-refractivity contribution in [2.24, 2.45) is 0 Å². The second-order valence-corrected chi connectivity index (χ2v) is 7.08. The lowest BCUT2D eigenvalue weighted by molar-refractivity contribution is -0.144. The van der Waals surface area contributed by atoms with E-state index in [1.165, 1.54) is 0 Å². The molecule has 1 fully saturated rings. The van der Waals surface area contributed by atoms with Gasteiger partial charge in [0.05, 0.1) is 0 Å². The molecule has 0 spiro atoms. The van der Waals surface area contributed by atoms with Crippen LogP contribution in [0.5, 0.6) is 0 Å². The Morgan fingerprint density at radius 2 is 2.30 bits per heavy atom. The number of rotatable bonds is 9. The molecule has 2 unspecified atom stereocenters. The van der Waals surface area contributed by atoms with Crippen molar-refractivity contribution in [3.05, 3.63) is 12.2 Å². The van der Waals surface area contributed by atoms with E-state index < -0.39 is 0 Å². The molecule has 0 radical (unpaired) electrons. The number of unbranched alkanes of at least 4 members (excludes halogenated alkanes) is 1. The second kappa shape index (κ2) is 9.40. The number of thiocarbonyl (C=S) groups is 1. The average Bonchev–Trinajstić information content (AvgIpc) is 2.80. The van der Waals surface area contributed by atoms with Gasteiger partial charge < -0.3 is 9.47 Å². The van der Waals surface area contributed by atoms with Crippen LogP contribution < -0.4 is 0 Å². The van der Waals surface area contributed by atoms with Crippen LogP contribution in [0.3, 0.4) is 0 Å². The SMILES string of the molecule is C=C(C)C(=O)OC(CCC)CCCCC1COC(=S)S1. The van der Waals surface area contributed by atoms with Crippen molar-refractivity contribution < 1.29 is 14.3 Å². The van der Waals surface area contributed by atoms with Crippen LogP contribution in [0, 0.1) is 0 Å². The van der Waals surface area contributed by atoms with Crippen molar-refractivity contribution in [3.8, 4) is 0 Å². The van der Waals surface area contributed by atoms with Crippen LogP contribution in [0.15, 0.2) is 12.2 Å². The summed E-state index contributed by atoms with van der Waals surface area (Å²) in [7, 11) is 0. The minimum absolute atomic E-state index is 0.0257. The van der Waals surface area contributed by atoms with Crippen molar-refractivity contribution >= 4 is 34.3 Å². The largest absolute Gasteiger partial charge is 0.477 e. The minimum atomic E-state index is -0.270. The summed E-state index contributed by atoms with van der Waals surface area (Å²) in [6.45, 7) is 8.16. The Labute approximate surface area is 131 Å². The molecule has 3 nitrogen and oxygen atoms in total. The van der Waals surface area contributed by atoms with E-state index in [1.807, 2.05) is 0 Å². The zero-order valence-corrected chi connectivity index (χ0v) is 14.0. The molecule has 5 heteroatoms. The molecule has 0 amide bonds. The molecule has 0 aromatic heterocycles. The molecule has 1 saturated heterocycles. The van der Waals surface area contributed by atoms with E-state index in [2.05, 4.69) is 13.5 Å². The maximum atomic E-state index is 11.6. The fourth-order valence-corrected chi connectivity index (χ4v) is 3.39. The van der Waals surface area contributed by atoms with Gasteiger partial charge in [-0.05, 0) is 44.8 Å². The van der Waals surface area contributed by atoms with Gasteiger partial charge in [0.15, 0.2) is 0 Å². The number of thioether (sulfide) groups is 1. The first-order valence-corrected chi connectivity index (χ1v) is 8.51. The third kappa shape index (κ3) is 6.75. The van der Waals surface area contributed by atoms with Gasteiger partial charge in [-0.25, -0.2) is 4.79 Å². The van der Waals surface area contributed by atoms with Crippen molar-refractivity contribution in [2.45, 2.75) is 63.7 Å². The van der Waals surface area contributed by atoms with Gasteiger partial charge in [-0.2, -0.15) is 0 Å². The summed E-state index contributed by atoms with van der Waals surface area (Å²) in [6.07, 6.45) is 6.19. The molecule has 1 heterocycles. The molecule has 2 atom stereocenters. The zero-order chi connectivity index (χ0) is 15.0. The van der Waals surface area contributed by atoms with Crippen molar-refractivity contribution in [1.29, 1.82) is 0 Å². The highest BCUT2D eigenvalue weighted by atomic mass is 32.2. The maximum Gasteiger partial charge on any atom is 0.333 e. The van der Waals surface area contributed by atoms with Gasteiger partial charge in [0.25, 0.3) is 0 Å². The van der Waals surface area contributed by atoms with Crippen LogP contribution in [0.2, 0.25) is 0 Å². The first kappa shape index (κ1) is 17.5. The van der Waals surface area contributed by atoms with E-state index in [-0.39, 0.29) is 12.1 Å². The van der Waals surface area contributed by atoms with Gasteiger partial charge in [0.1, 0.15) is 12.7 Å². The van der Waals surface area contributed by atoms with Crippen LogP contribution in [0.4, 0.5) is 0 Å². The Morgan fingerprint density at radius 1 is 1.55 bits per heavy atom. The molecule has 114 valence electrons. The van der Waals surface area contributed by atoms with Crippen molar-refractivity contribution in [3.63, 3.8) is 0 Å². The molecule has 1 rings (SSSR count). The van der Waals surface area contributed by atoms with Gasteiger partial charge in [0.2, 0.25) is 4.38 Å². The van der Waals surface area contributed by atoms with E-state index in [9.17, 15) is 4.79 Å². The highest BCUT2D eigenvalue weighted by Crippen LogP contribution is 2.27. The van der Waals surface area contributed by atoms with E-state index in [1.54, 1.807) is 18.7 Å². The molecule has 1 aliphatic rings. The topological polar surface area (TPSA) is 35.5 Å². The monoisotopic (exact) mass is 316 g/mol. The Kier molecular flexibility index (Phi) is 8.22. The van der Waals surface area contributed by atoms with Crippen LogP contribution in [0.25, 0.3) is 0 Å². The number of carbonyl (C=O) groups excluding carboxylic acids is 1. The van der Waals surface area contributed by atoms with E-state index in [0.717, 1.165) is 45.1 Å². The van der Waals surface area contributed by atoms with E-state index >= 15 is 0 Å². The number of hydrogen-bond acceptors (Lipinski definition) is 5. The average molecular weight is 316 g/mol. The Bertz CT molecular complexity index is 355. The minimum Gasteiger partial charge on any atom is -0.477 e. The first-order valence-electron chi connectivity index (χ1n) is 7.22. The molecule has 20 heavy (non-hydrogen) atoms. The van der Waals surface area contributed by atoms with Crippen LogP contribution >= 0.6 is 24.0 Å². The summed E-state index contributed by atoms with van der Waals surface area (Å²) >= 11 is 6.66. The highest BCUT2D eigenvalue weighted by molar-refractivity contribution is 8.23. The molecule has 1 aliphatic heterocycles. The van der Waals surface area contributed by atoms with E-state index in [4.69, 9.17) is 21.7 Å². The molecular weight excluding hydrogens is 292 g/mol. The van der Waals surface area contributed by atoms with Crippen molar-refractivity contribution in [1.82, 2.24) is 0 Å². The fraction of sp³-hybridized carbons (Fsp3) is 0.733. The number of hydrogen-bond donors (Lipinski definition) is 0. The molecule has 0 N–H and O–H groups in total. The number of carbonyl (C=O) groups is 1. The summed E-state index contributed by atoms with van der Waals surface area (Å²) in [5.74, 6) is -0.270. The maximum absolute atomic E-state index is 11.6. The van der Waals surface area contributed by atoms with Crippen LogP contribution in [-0.4, -0.2) is 28.3 Å². The lowest BCUT2D eigenvalue weighted by atomic mass is 10.1. The summed E-state index contributed by atoms with van der Waals surface area (Å²) in [4.78, 5) is 11.6. The van der Waals surface area contributed by atoms with Gasteiger partial charge in [-0.15, -0.1) is 0 Å². The van der Waals surface area contributed by atoms with Gasteiger partial charge in [0, 0.05) is 10.8 Å². The zero-order valence-electron chi connectivity index (χ0n) is 12.4. The smallest absolute Gasteiger partial charge is 0.333 e. The van der Waals surface area contributed by atoms with Gasteiger partial charge >= 0.3 is 5.97 Å². The second-order valence-electron chi connectivity index (χ2n) is 5.18. The predicted molar refractivity (Wildman–Crippen MR) is 88.0 cm³/mol. The fourth-order valence-electron chi connectivity index (χ4n) is 2.09. The number of esters is 1. The predicted octanol–water partition coefficient (Wildman–Crippen LogP) is 4.25. The third-order valence-corrected chi connectivity index (χ3v) is 4.61. The Morgan fingerprint density at radius 3 is 2.85 bits per heavy atom. The highest BCUT2D eigenvalue weighted by Gasteiger charge is 2.21. The van der Waals surface area contributed by atoms with E-state index in [0.29, 0.717) is 15.2 Å². The summed E-state index contributed by atoms with van der Waals surface area (Å²) in [6, 6.07) is 0. The van der Waals surface area contributed by atoms with Gasteiger partial charge in [-0.1, -0.05) is 38.1 Å². The quantitative estimate of drug-likeness (QED) is 0.275. The molecule has 0 bridgehead atoms. The first-order chi connectivity index (χ1) is 9.52. The number of ether oxygens (including phenoxy) is 2. The van der Waals surface area contributed by atoms with Crippen molar-refractivity contribution in [2.75, 3.05) is 6.61 Å². The summed E-state index contributed by atoms with van der Waals surface area (Å²) in [5.41, 5.74) is 0.471. The standard InChI is InChI=1S/C15H24O3S2/c1-4-7-12(18-14(16)11(2)3)8-5-6-9-13-10-17-15(19)20-13/h12-13H,2,4-10H2,1,3H3. The molecule has 0 aromatic carbocycles. The van der Waals surface area contributed by atoms with Gasteiger partial charge in [-0.3, -0.25) is 0 Å². The lowest BCUT2D eigenvalue weighted by Crippen LogP contribution is -2.18. The molecular formula is C15H24O3S2. The third-order valence-electron chi connectivity index (χ3n) is 3.18. The van der Waals surface area contributed by atoms with Crippen LogP contribution in [-0.2, 0) is 14.3 Å². The summed E-state index contributed by atoms with van der Waals surface area (Å²) in [5, 5.41) is 0.505. The Hall–Kier alpha value is -0.550. The molecule has 0 aliphatic carbocycles. The molecule has 0 aromatic rings. The Balaban J connectivity index is 2.19. The summed E-state index contributed by atoms with van der Waals surface area (Å²) < 4.78 is 11.4.